The number of nitrogens with zero attached hydrogens (tertiary/aromatic N) is 1. The molecular formula is C16H24Cl2N2O. The van der Waals surface area contributed by atoms with Gasteiger partial charge >= 0.3 is 0 Å². The zero-order valence-corrected chi connectivity index (χ0v) is 14.2. The summed E-state index contributed by atoms with van der Waals surface area (Å²) in [6, 6.07) is 3.63. The average Bonchev–Trinajstić information content (AvgIpc) is 2.45. The number of aromatic hydroxyl groups is 1. The summed E-state index contributed by atoms with van der Waals surface area (Å²) < 4.78 is 0. The van der Waals surface area contributed by atoms with Gasteiger partial charge in [-0.15, -0.1) is 0 Å². The van der Waals surface area contributed by atoms with E-state index in [1.807, 2.05) is 6.07 Å². The van der Waals surface area contributed by atoms with Crippen molar-refractivity contribution < 1.29 is 5.11 Å². The van der Waals surface area contributed by atoms with Gasteiger partial charge in [-0.1, -0.05) is 37.0 Å². The molecule has 0 amide bonds. The summed E-state index contributed by atoms with van der Waals surface area (Å²) in [6.07, 6.45) is 2.11. The smallest absolute Gasteiger partial charge is 0.139 e. The highest BCUT2D eigenvalue weighted by atomic mass is 35.5. The minimum absolute atomic E-state index is 0.172. The number of rotatable bonds is 5. The van der Waals surface area contributed by atoms with Gasteiger partial charge in [-0.3, -0.25) is 4.90 Å². The van der Waals surface area contributed by atoms with Crippen LogP contribution in [0.15, 0.2) is 12.1 Å². The Hall–Kier alpha value is -0.480. The Balaban J connectivity index is 2.29. The van der Waals surface area contributed by atoms with Crippen molar-refractivity contribution in [3.63, 3.8) is 0 Å². The summed E-state index contributed by atoms with van der Waals surface area (Å²) in [5, 5.41) is 14.6. The van der Waals surface area contributed by atoms with E-state index < -0.39 is 0 Å². The third kappa shape index (κ3) is 4.49. The summed E-state index contributed by atoms with van der Waals surface area (Å²) in [6.45, 7) is 8.36. The van der Waals surface area contributed by atoms with Crippen LogP contribution in [-0.2, 0) is 0 Å². The Labute approximate surface area is 137 Å². The topological polar surface area (TPSA) is 35.5 Å². The van der Waals surface area contributed by atoms with E-state index in [-0.39, 0.29) is 11.8 Å². The van der Waals surface area contributed by atoms with Gasteiger partial charge in [-0.2, -0.15) is 0 Å². The Morgan fingerprint density at radius 2 is 1.86 bits per heavy atom. The highest BCUT2D eigenvalue weighted by Crippen LogP contribution is 2.39. The molecule has 0 spiro atoms. The maximum Gasteiger partial charge on any atom is 0.139 e. The van der Waals surface area contributed by atoms with Gasteiger partial charge in [0.2, 0.25) is 0 Å². The van der Waals surface area contributed by atoms with Crippen LogP contribution in [0.2, 0.25) is 10.0 Å². The fraction of sp³-hybridized carbons (Fsp3) is 0.625. The van der Waals surface area contributed by atoms with E-state index in [1.54, 1.807) is 6.07 Å². The second kappa shape index (κ2) is 7.68. The molecule has 3 nitrogen and oxygen atoms in total. The molecule has 2 N–H and O–H groups in total. The second-order valence-corrected chi connectivity index (χ2v) is 6.94. The van der Waals surface area contributed by atoms with Crippen molar-refractivity contribution in [2.24, 2.45) is 5.92 Å². The SMILES string of the molecule is CC(C)CC[C@H](c1cc(Cl)cc(Cl)c1O)N1CCNCC1. The first-order valence-corrected chi connectivity index (χ1v) is 8.37. The maximum atomic E-state index is 10.4. The van der Waals surface area contributed by atoms with Crippen LogP contribution >= 0.6 is 23.2 Å². The third-order valence-corrected chi connectivity index (χ3v) is 4.53. The van der Waals surface area contributed by atoms with E-state index in [9.17, 15) is 5.11 Å². The van der Waals surface area contributed by atoms with Crippen molar-refractivity contribution in [2.45, 2.75) is 32.7 Å². The molecule has 21 heavy (non-hydrogen) atoms. The van der Waals surface area contributed by atoms with Crippen LogP contribution in [0.25, 0.3) is 0 Å². The molecule has 5 heteroatoms. The average molecular weight is 331 g/mol. The first-order valence-electron chi connectivity index (χ1n) is 7.61. The quantitative estimate of drug-likeness (QED) is 0.853. The Morgan fingerprint density at radius 3 is 2.48 bits per heavy atom. The monoisotopic (exact) mass is 330 g/mol. The normalized spacial score (nSPS) is 18.1. The van der Waals surface area contributed by atoms with E-state index in [2.05, 4.69) is 24.1 Å². The highest BCUT2D eigenvalue weighted by molar-refractivity contribution is 6.35. The van der Waals surface area contributed by atoms with Gasteiger partial charge in [0.25, 0.3) is 0 Å². The standard InChI is InChI=1S/C16H24Cl2N2O/c1-11(2)3-4-15(20-7-5-19-6-8-20)13-9-12(17)10-14(18)16(13)21/h9-11,15,19,21H,3-8H2,1-2H3/t15-/m1/s1. The van der Waals surface area contributed by atoms with Crippen LogP contribution in [0.3, 0.4) is 0 Å². The van der Waals surface area contributed by atoms with Gasteiger partial charge in [0.15, 0.2) is 0 Å². The second-order valence-electron chi connectivity index (χ2n) is 6.10. The number of hydrogen-bond donors (Lipinski definition) is 2. The Bertz CT molecular complexity index is 474. The first-order chi connectivity index (χ1) is 9.99. The first kappa shape index (κ1) is 16.9. The van der Waals surface area contributed by atoms with E-state index in [1.165, 1.54) is 0 Å². The van der Waals surface area contributed by atoms with Gasteiger partial charge in [0.1, 0.15) is 5.75 Å². The van der Waals surface area contributed by atoms with E-state index >= 15 is 0 Å². The van der Waals surface area contributed by atoms with Crippen molar-refractivity contribution in [2.75, 3.05) is 26.2 Å². The summed E-state index contributed by atoms with van der Waals surface area (Å²) >= 11 is 12.2. The van der Waals surface area contributed by atoms with Crippen molar-refractivity contribution in [3.8, 4) is 5.75 Å². The van der Waals surface area contributed by atoms with Crippen molar-refractivity contribution >= 4 is 23.2 Å². The maximum absolute atomic E-state index is 10.4. The largest absolute Gasteiger partial charge is 0.506 e. The van der Waals surface area contributed by atoms with Crippen LogP contribution in [-0.4, -0.2) is 36.2 Å². The van der Waals surface area contributed by atoms with E-state index in [4.69, 9.17) is 23.2 Å². The number of nitrogens with one attached hydrogen (secondary N) is 1. The number of phenols is 1. The van der Waals surface area contributed by atoms with Gasteiger partial charge in [-0.05, 0) is 30.9 Å². The number of hydrogen-bond acceptors (Lipinski definition) is 3. The molecule has 1 aromatic rings. The summed E-state index contributed by atoms with van der Waals surface area (Å²) in [5.41, 5.74) is 0.857. The predicted octanol–water partition coefficient (Wildman–Crippen LogP) is 4.08. The number of phenolic OH excluding ortho intramolecular Hbond substituents is 1. The minimum Gasteiger partial charge on any atom is -0.506 e. The lowest BCUT2D eigenvalue weighted by Crippen LogP contribution is -2.45. The molecule has 0 unspecified atom stereocenters. The van der Waals surface area contributed by atoms with Gasteiger partial charge in [0.05, 0.1) is 5.02 Å². The lowest BCUT2D eigenvalue weighted by molar-refractivity contribution is 0.157. The van der Waals surface area contributed by atoms with Crippen LogP contribution < -0.4 is 5.32 Å². The third-order valence-electron chi connectivity index (χ3n) is 4.03. The van der Waals surface area contributed by atoms with Gasteiger partial charge in [-0.25, -0.2) is 0 Å². The van der Waals surface area contributed by atoms with Crippen molar-refractivity contribution in [1.29, 1.82) is 0 Å². The van der Waals surface area contributed by atoms with Crippen LogP contribution in [0.1, 0.15) is 38.3 Å². The molecule has 1 aliphatic heterocycles. The predicted molar refractivity (Wildman–Crippen MR) is 89.4 cm³/mol. The summed E-state index contributed by atoms with van der Waals surface area (Å²) in [4.78, 5) is 2.42. The molecule has 1 saturated heterocycles. The van der Waals surface area contributed by atoms with Gasteiger partial charge in [0, 0.05) is 42.8 Å². The summed E-state index contributed by atoms with van der Waals surface area (Å²) in [7, 11) is 0. The highest BCUT2D eigenvalue weighted by Gasteiger charge is 2.25. The summed E-state index contributed by atoms with van der Waals surface area (Å²) in [5.74, 6) is 0.806. The molecule has 1 aliphatic rings. The number of benzene rings is 1. The van der Waals surface area contributed by atoms with E-state index in [0.717, 1.165) is 44.6 Å². The minimum atomic E-state index is 0.172. The number of halogens is 2. The molecule has 2 rings (SSSR count). The Morgan fingerprint density at radius 1 is 1.19 bits per heavy atom. The lowest BCUT2D eigenvalue weighted by atomic mass is 9.95. The molecule has 1 atom stereocenters. The van der Waals surface area contributed by atoms with Crippen LogP contribution in [0.4, 0.5) is 0 Å². The fourth-order valence-electron chi connectivity index (χ4n) is 2.86. The van der Waals surface area contributed by atoms with Crippen molar-refractivity contribution in [1.82, 2.24) is 10.2 Å². The molecule has 0 saturated carbocycles. The van der Waals surface area contributed by atoms with Crippen LogP contribution in [0, 0.1) is 5.92 Å². The molecule has 1 fully saturated rings. The fourth-order valence-corrected chi connectivity index (χ4v) is 3.37. The zero-order valence-electron chi connectivity index (χ0n) is 12.7. The molecule has 0 aliphatic carbocycles. The van der Waals surface area contributed by atoms with Crippen LogP contribution in [0.5, 0.6) is 5.75 Å². The molecule has 1 aromatic carbocycles. The van der Waals surface area contributed by atoms with E-state index in [0.29, 0.717) is 16.0 Å². The molecule has 0 bridgehead atoms. The molecule has 0 radical (unpaired) electrons. The zero-order chi connectivity index (χ0) is 15.4. The van der Waals surface area contributed by atoms with Gasteiger partial charge < -0.3 is 10.4 Å². The molecule has 1 heterocycles. The Kier molecular flexibility index (Phi) is 6.18. The van der Waals surface area contributed by atoms with Crippen molar-refractivity contribution in [3.05, 3.63) is 27.7 Å². The molecular weight excluding hydrogens is 307 g/mol. The lowest BCUT2D eigenvalue weighted by Gasteiger charge is -2.36. The molecule has 0 aromatic heterocycles. The number of piperazine rings is 1. The molecule has 118 valence electrons.